The van der Waals surface area contributed by atoms with E-state index < -0.39 is 5.97 Å². The molecule has 0 fully saturated rings. The molecule has 4 heteroatoms. The number of ketones is 2. The quantitative estimate of drug-likeness (QED) is 0.556. The Morgan fingerprint density at radius 1 is 0.931 bits per heavy atom. The average Bonchev–Trinajstić information content (AvgIpc) is 2.70. The van der Waals surface area contributed by atoms with Gasteiger partial charge in [-0.1, -0.05) is 63.9 Å². The monoisotopic (exact) mass is 392 g/mol. The molecule has 152 valence electrons. The molecule has 0 amide bonds. The van der Waals surface area contributed by atoms with Crippen molar-refractivity contribution in [1.29, 1.82) is 0 Å². The molecule has 0 saturated carbocycles. The number of carbonyl (C=O) groups excluding carboxylic acids is 2. The molecule has 1 unspecified atom stereocenters. The molecule has 1 aliphatic rings. The minimum absolute atomic E-state index is 0.0878. The van der Waals surface area contributed by atoms with Crippen LogP contribution in [0.3, 0.4) is 0 Å². The number of carboxylic acids is 1. The lowest BCUT2D eigenvalue weighted by atomic mass is 9.76. The summed E-state index contributed by atoms with van der Waals surface area (Å²) >= 11 is 0. The van der Waals surface area contributed by atoms with E-state index in [9.17, 15) is 14.4 Å². The van der Waals surface area contributed by atoms with Crippen molar-refractivity contribution < 1.29 is 19.5 Å². The van der Waals surface area contributed by atoms with Crippen molar-refractivity contribution in [1.82, 2.24) is 0 Å². The van der Waals surface area contributed by atoms with E-state index in [2.05, 4.69) is 20.8 Å². The molecular formula is C25H28O4. The maximum atomic E-state index is 13.0. The molecular weight excluding hydrogens is 364 g/mol. The fourth-order valence-electron chi connectivity index (χ4n) is 4.07. The van der Waals surface area contributed by atoms with Crippen molar-refractivity contribution in [2.45, 2.75) is 58.3 Å². The molecule has 1 atom stereocenters. The van der Waals surface area contributed by atoms with Gasteiger partial charge in [-0.15, -0.1) is 0 Å². The van der Waals surface area contributed by atoms with E-state index in [-0.39, 0.29) is 23.4 Å². The third kappa shape index (κ3) is 4.47. The van der Waals surface area contributed by atoms with Crippen LogP contribution in [0.25, 0.3) is 0 Å². The second-order valence-electron chi connectivity index (χ2n) is 8.78. The lowest BCUT2D eigenvalue weighted by Gasteiger charge is -2.28. The Bertz CT molecular complexity index is 955. The lowest BCUT2D eigenvalue weighted by Crippen LogP contribution is -2.23. The predicted molar refractivity (Wildman–Crippen MR) is 113 cm³/mol. The highest BCUT2D eigenvalue weighted by Crippen LogP contribution is 2.34. The van der Waals surface area contributed by atoms with Crippen molar-refractivity contribution >= 4 is 17.5 Å². The zero-order valence-electron chi connectivity index (χ0n) is 17.3. The summed E-state index contributed by atoms with van der Waals surface area (Å²) in [6.07, 6.45) is 3.81. The maximum Gasteiger partial charge on any atom is 0.303 e. The van der Waals surface area contributed by atoms with E-state index in [0.29, 0.717) is 34.6 Å². The summed E-state index contributed by atoms with van der Waals surface area (Å²) in [6.45, 7) is 6.40. The van der Waals surface area contributed by atoms with Gasteiger partial charge in [0.1, 0.15) is 0 Å². The Morgan fingerprint density at radius 3 is 2.14 bits per heavy atom. The van der Waals surface area contributed by atoms with Gasteiger partial charge in [-0.3, -0.25) is 14.4 Å². The van der Waals surface area contributed by atoms with Gasteiger partial charge >= 0.3 is 5.97 Å². The van der Waals surface area contributed by atoms with Crippen LogP contribution in [0.15, 0.2) is 42.5 Å². The molecule has 2 aromatic carbocycles. The molecule has 0 saturated heterocycles. The van der Waals surface area contributed by atoms with Crippen LogP contribution in [0.1, 0.15) is 90.3 Å². The molecule has 0 bridgehead atoms. The molecule has 0 heterocycles. The van der Waals surface area contributed by atoms with E-state index in [1.54, 1.807) is 30.3 Å². The van der Waals surface area contributed by atoms with Gasteiger partial charge in [0, 0.05) is 28.7 Å². The van der Waals surface area contributed by atoms with Crippen LogP contribution in [-0.4, -0.2) is 22.6 Å². The summed E-state index contributed by atoms with van der Waals surface area (Å²) in [6, 6.07) is 12.6. The van der Waals surface area contributed by atoms with Gasteiger partial charge in [0.2, 0.25) is 0 Å². The molecule has 1 aliphatic carbocycles. The second kappa shape index (κ2) is 8.32. The lowest BCUT2D eigenvalue weighted by molar-refractivity contribution is -0.137. The van der Waals surface area contributed by atoms with Gasteiger partial charge in [0.25, 0.3) is 0 Å². The number of carboxylic acid groups (broad SMARTS) is 1. The summed E-state index contributed by atoms with van der Waals surface area (Å²) in [4.78, 5) is 36.5. The van der Waals surface area contributed by atoms with Crippen LogP contribution in [0.4, 0.5) is 0 Å². The van der Waals surface area contributed by atoms with Crippen LogP contribution < -0.4 is 0 Å². The molecule has 1 N–H and O–H groups in total. The standard InChI is InChI=1S/C25H28O4/c1-16(10-13-22(26)27)7-6-14-25(2,3)17-11-12-20-21(15-17)24(29)19-9-5-4-8-18(19)23(20)28/h4-5,8-9,11-12,15-16H,6-7,10,13-14H2,1-3H3,(H,26,27). The minimum atomic E-state index is -0.743. The SMILES string of the molecule is CC(CCCC(C)(C)c1ccc2c(c1)C(=O)c1ccccc1C2=O)CCC(=O)O. The van der Waals surface area contributed by atoms with E-state index in [1.165, 1.54) is 0 Å². The number of hydrogen-bond acceptors (Lipinski definition) is 3. The normalized spacial score (nSPS) is 14.3. The average molecular weight is 392 g/mol. The van der Waals surface area contributed by atoms with Gasteiger partial charge in [0.15, 0.2) is 11.6 Å². The number of carbonyl (C=O) groups is 3. The van der Waals surface area contributed by atoms with Crippen molar-refractivity contribution in [3.63, 3.8) is 0 Å². The molecule has 0 spiro atoms. The Balaban J connectivity index is 1.74. The van der Waals surface area contributed by atoms with Crippen LogP contribution in [0.5, 0.6) is 0 Å². The summed E-state index contributed by atoms with van der Waals surface area (Å²) < 4.78 is 0. The topological polar surface area (TPSA) is 71.4 Å². The summed E-state index contributed by atoms with van der Waals surface area (Å²) in [5.41, 5.74) is 2.85. The highest BCUT2D eigenvalue weighted by atomic mass is 16.4. The summed E-state index contributed by atoms with van der Waals surface area (Å²) in [5, 5.41) is 8.81. The number of fused-ring (bicyclic) bond motifs is 2. The van der Waals surface area contributed by atoms with Gasteiger partial charge in [0.05, 0.1) is 0 Å². The van der Waals surface area contributed by atoms with E-state index in [4.69, 9.17) is 5.11 Å². The Hall–Kier alpha value is -2.75. The first-order chi connectivity index (χ1) is 13.7. The number of aliphatic carboxylic acids is 1. The Labute approximate surface area is 172 Å². The zero-order chi connectivity index (χ0) is 21.2. The fourth-order valence-corrected chi connectivity index (χ4v) is 4.07. The van der Waals surface area contributed by atoms with Gasteiger partial charge in [-0.25, -0.2) is 0 Å². The van der Waals surface area contributed by atoms with Gasteiger partial charge in [-0.05, 0) is 41.9 Å². The number of rotatable bonds is 8. The second-order valence-corrected chi connectivity index (χ2v) is 8.78. The molecule has 2 aromatic rings. The van der Waals surface area contributed by atoms with Crippen molar-refractivity contribution in [2.24, 2.45) is 5.92 Å². The third-order valence-electron chi connectivity index (χ3n) is 6.06. The number of benzene rings is 2. The minimum Gasteiger partial charge on any atom is -0.481 e. The molecule has 0 aromatic heterocycles. The maximum absolute atomic E-state index is 13.0. The van der Waals surface area contributed by atoms with Crippen LogP contribution >= 0.6 is 0 Å². The van der Waals surface area contributed by atoms with Crippen LogP contribution in [-0.2, 0) is 10.2 Å². The summed E-state index contributed by atoms with van der Waals surface area (Å²) in [7, 11) is 0. The Kier molecular flexibility index (Phi) is 6.02. The van der Waals surface area contributed by atoms with Crippen LogP contribution in [0, 0.1) is 5.92 Å². The van der Waals surface area contributed by atoms with Crippen LogP contribution in [0.2, 0.25) is 0 Å². The molecule has 0 radical (unpaired) electrons. The largest absolute Gasteiger partial charge is 0.481 e. The molecule has 29 heavy (non-hydrogen) atoms. The highest BCUT2D eigenvalue weighted by molar-refractivity contribution is 6.28. The third-order valence-corrected chi connectivity index (χ3v) is 6.06. The predicted octanol–water partition coefficient (Wildman–Crippen LogP) is 5.41. The molecule has 3 rings (SSSR count). The van der Waals surface area contributed by atoms with Gasteiger partial charge in [-0.2, -0.15) is 0 Å². The Morgan fingerprint density at radius 2 is 1.52 bits per heavy atom. The van der Waals surface area contributed by atoms with Crippen molar-refractivity contribution in [2.75, 3.05) is 0 Å². The first-order valence-electron chi connectivity index (χ1n) is 10.3. The first-order valence-corrected chi connectivity index (χ1v) is 10.3. The first kappa shape index (κ1) is 21.0. The molecule has 4 nitrogen and oxygen atoms in total. The molecule has 0 aliphatic heterocycles. The zero-order valence-corrected chi connectivity index (χ0v) is 17.3. The van der Waals surface area contributed by atoms with E-state index in [1.807, 2.05) is 12.1 Å². The summed E-state index contributed by atoms with van der Waals surface area (Å²) in [5.74, 6) is -0.546. The fraction of sp³-hybridized carbons (Fsp3) is 0.400. The smallest absolute Gasteiger partial charge is 0.303 e. The highest BCUT2D eigenvalue weighted by Gasteiger charge is 2.31. The van der Waals surface area contributed by atoms with E-state index in [0.717, 1.165) is 24.8 Å². The van der Waals surface area contributed by atoms with Crippen molar-refractivity contribution in [3.8, 4) is 0 Å². The van der Waals surface area contributed by atoms with Gasteiger partial charge < -0.3 is 5.11 Å². The number of hydrogen-bond donors (Lipinski definition) is 1. The van der Waals surface area contributed by atoms with Crippen molar-refractivity contribution in [3.05, 3.63) is 70.3 Å². The van der Waals surface area contributed by atoms with E-state index >= 15 is 0 Å².